The molecule has 0 bridgehead atoms. The van der Waals surface area contributed by atoms with Crippen molar-refractivity contribution in [1.82, 2.24) is 5.32 Å². The number of nitrogens with one attached hydrogen (secondary N) is 1. The monoisotopic (exact) mass is 283 g/mol. The second-order valence-electron chi connectivity index (χ2n) is 5.78. The molecule has 0 aliphatic carbocycles. The molecule has 2 aromatic rings. The van der Waals surface area contributed by atoms with Crippen molar-refractivity contribution in [3.63, 3.8) is 0 Å². The van der Waals surface area contributed by atoms with Gasteiger partial charge in [0.05, 0.1) is 6.10 Å². The molecule has 1 unspecified atom stereocenters. The highest BCUT2D eigenvalue weighted by atomic mass is 16.5. The first-order valence-electron chi connectivity index (χ1n) is 7.66. The Bertz CT molecular complexity index is 519. The molecule has 2 rings (SSSR count). The van der Waals surface area contributed by atoms with E-state index in [1.165, 1.54) is 11.1 Å². The number of hydrogen-bond acceptors (Lipinski definition) is 2. The van der Waals surface area contributed by atoms with Crippen LogP contribution < -0.4 is 10.1 Å². The van der Waals surface area contributed by atoms with E-state index in [0.717, 1.165) is 18.7 Å². The van der Waals surface area contributed by atoms with Crippen LogP contribution in [0.2, 0.25) is 0 Å². The van der Waals surface area contributed by atoms with E-state index < -0.39 is 0 Å². The number of hydrogen-bond donors (Lipinski definition) is 1. The first kappa shape index (κ1) is 15.6. The van der Waals surface area contributed by atoms with Crippen LogP contribution in [-0.4, -0.2) is 12.1 Å². The second-order valence-corrected chi connectivity index (χ2v) is 5.78. The topological polar surface area (TPSA) is 21.3 Å². The predicted octanol–water partition coefficient (Wildman–Crippen LogP) is 4.19. The average molecular weight is 283 g/mol. The zero-order valence-electron chi connectivity index (χ0n) is 13.2. The summed E-state index contributed by atoms with van der Waals surface area (Å²) in [6, 6.07) is 19.4. The summed E-state index contributed by atoms with van der Waals surface area (Å²) in [5.74, 6) is 0.936. The van der Waals surface area contributed by atoms with Crippen molar-refractivity contribution >= 4 is 0 Å². The van der Waals surface area contributed by atoms with Gasteiger partial charge in [0.1, 0.15) is 5.75 Å². The smallest absolute Gasteiger partial charge is 0.119 e. The molecule has 0 aliphatic heterocycles. The third-order valence-electron chi connectivity index (χ3n) is 3.33. The summed E-state index contributed by atoms with van der Waals surface area (Å²) in [6.07, 6.45) is 1.27. The Kier molecular flexibility index (Phi) is 5.82. The van der Waals surface area contributed by atoms with Gasteiger partial charge in [-0.1, -0.05) is 42.5 Å². The summed E-state index contributed by atoms with van der Waals surface area (Å²) in [5, 5.41) is 3.57. The molecule has 2 heteroatoms. The van der Waals surface area contributed by atoms with Crippen LogP contribution in [0.5, 0.6) is 5.75 Å². The Morgan fingerprint density at radius 1 is 0.857 bits per heavy atom. The maximum Gasteiger partial charge on any atom is 0.119 e. The van der Waals surface area contributed by atoms with Gasteiger partial charge in [0.2, 0.25) is 0 Å². The van der Waals surface area contributed by atoms with Gasteiger partial charge < -0.3 is 10.1 Å². The van der Waals surface area contributed by atoms with Crippen LogP contribution in [0.1, 0.15) is 31.9 Å². The molecule has 0 aliphatic rings. The fraction of sp³-hybridized carbons (Fsp3) is 0.368. The van der Waals surface area contributed by atoms with Gasteiger partial charge in [-0.3, -0.25) is 0 Å². The first-order chi connectivity index (χ1) is 10.1. The lowest BCUT2D eigenvalue weighted by atomic mass is 10.1. The van der Waals surface area contributed by atoms with Crippen LogP contribution in [0, 0.1) is 0 Å². The average Bonchev–Trinajstić information content (AvgIpc) is 2.47. The van der Waals surface area contributed by atoms with E-state index in [9.17, 15) is 0 Å². The van der Waals surface area contributed by atoms with Gasteiger partial charge in [-0.15, -0.1) is 0 Å². The molecule has 1 N–H and O–H groups in total. The van der Waals surface area contributed by atoms with Crippen molar-refractivity contribution < 1.29 is 4.74 Å². The molecule has 0 spiro atoms. The Morgan fingerprint density at radius 2 is 1.52 bits per heavy atom. The minimum Gasteiger partial charge on any atom is -0.491 e. The summed E-state index contributed by atoms with van der Waals surface area (Å²) in [4.78, 5) is 0. The molecule has 0 fully saturated rings. The summed E-state index contributed by atoms with van der Waals surface area (Å²) >= 11 is 0. The van der Waals surface area contributed by atoms with Gasteiger partial charge in [-0.25, -0.2) is 0 Å². The van der Waals surface area contributed by atoms with E-state index in [1.807, 2.05) is 26.0 Å². The summed E-state index contributed by atoms with van der Waals surface area (Å²) in [5.41, 5.74) is 2.66. The zero-order chi connectivity index (χ0) is 15.1. The van der Waals surface area contributed by atoms with Gasteiger partial charge in [0.25, 0.3) is 0 Å². The maximum absolute atomic E-state index is 5.65. The minimum atomic E-state index is 0.222. The van der Waals surface area contributed by atoms with E-state index in [1.54, 1.807) is 0 Å². The molecule has 0 aromatic heterocycles. The highest BCUT2D eigenvalue weighted by Crippen LogP contribution is 2.14. The Hall–Kier alpha value is -1.80. The summed E-state index contributed by atoms with van der Waals surface area (Å²) in [6.45, 7) is 7.20. The third-order valence-corrected chi connectivity index (χ3v) is 3.33. The number of ether oxygens (including phenoxy) is 1. The quantitative estimate of drug-likeness (QED) is 0.822. The van der Waals surface area contributed by atoms with Crippen LogP contribution in [0.25, 0.3) is 0 Å². The largest absolute Gasteiger partial charge is 0.491 e. The molecule has 1 atom stereocenters. The molecule has 0 heterocycles. The second kappa shape index (κ2) is 7.84. The Morgan fingerprint density at radius 3 is 2.14 bits per heavy atom. The van der Waals surface area contributed by atoms with Crippen molar-refractivity contribution in [2.75, 3.05) is 0 Å². The zero-order valence-corrected chi connectivity index (χ0v) is 13.2. The van der Waals surface area contributed by atoms with Crippen molar-refractivity contribution in [3.05, 3.63) is 65.7 Å². The summed E-state index contributed by atoms with van der Waals surface area (Å²) < 4.78 is 5.65. The number of benzene rings is 2. The lowest BCUT2D eigenvalue weighted by Gasteiger charge is -2.14. The third kappa shape index (κ3) is 5.60. The fourth-order valence-electron chi connectivity index (χ4n) is 2.29. The number of rotatable bonds is 7. The van der Waals surface area contributed by atoms with Gasteiger partial charge in [-0.2, -0.15) is 0 Å². The van der Waals surface area contributed by atoms with Crippen molar-refractivity contribution in [1.29, 1.82) is 0 Å². The lowest BCUT2D eigenvalue weighted by molar-refractivity contribution is 0.242. The molecule has 21 heavy (non-hydrogen) atoms. The molecule has 0 radical (unpaired) electrons. The lowest BCUT2D eigenvalue weighted by Crippen LogP contribution is -2.27. The van der Waals surface area contributed by atoms with E-state index in [0.29, 0.717) is 6.04 Å². The van der Waals surface area contributed by atoms with Crippen LogP contribution in [0.15, 0.2) is 54.6 Å². The summed E-state index contributed by atoms with van der Waals surface area (Å²) in [7, 11) is 0. The van der Waals surface area contributed by atoms with Gasteiger partial charge in [0.15, 0.2) is 0 Å². The van der Waals surface area contributed by atoms with Crippen LogP contribution >= 0.6 is 0 Å². The van der Waals surface area contributed by atoms with E-state index >= 15 is 0 Å². The predicted molar refractivity (Wildman–Crippen MR) is 88.7 cm³/mol. The maximum atomic E-state index is 5.65. The Labute approximate surface area is 128 Å². The normalized spacial score (nSPS) is 12.4. The molecule has 0 saturated carbocycles. The van der Waals surface area contributed by atoms with Crippen LogP contribution in [0.3, 0.4) is 0 Å². The molecular weight excluding hydrogens is 258 g/mol. The fourth-order valence-corrected chi connectivity index (χ4v) is 2.29. The molecule has 2 aromatic carbocycles. The molecular formula is C19H25NO. The van der Waals surface area contributed by atoms with Crippen LogP contribution in [-0.2, 0) is 13.0 Å². The SMILES string of the molecule is CC(Cc1ccccc1)NCc1ccc(OC(C)C)cc1. The molecule has 0 amide bonds. The van der Waals surface area contributed by atoms with Crippen molar-refractivity contribution in [3.8, 4) is 5.75 Å². The first-order valence-corrected chi connectivity index (χ1v) is 7.66. The minimum absolute atomic E-state index is 0.222. The van der Waals surface area contributed by atoms with Gasteiger partial charge in [0, 0.05) is 12.6 Å². The van der Waals surface area contributed by atoms with Crippen LogP contribution in [0.4, 0.5) is 0 Å². The molecule has 112 valence electrons. The van der Waals surface area contributed by atoms with E-state index in [2.05, 4.69) is 54.7 Å². The molecule has 2 nitrogen and oxygen atoms in total. The Balaban J connectivity index is 1.79. The highest BCUT2D eigenvalue weighted by Gasteiger charge is 2.03. The van der Waals surface area contributed by atoms with Gasteiger partial charge in [-0.05, 0) is 50.5 Å². The standard InChI is InChI=1S/C19H25NO/c1-15(2)21-19-11-9-18(10-12-19)14-20-16(3)13-17-7-5-4-6-8-17/h4-12,15-16,20H,13-14H2,1-3H3. The van der Waals surface area contributed by atoms with Crippen molar-refractivity contribution in [2.45, 2.75) is 45.9 Å². The van der Waals surface area contributed by atoms with Gasteiger partial charge >= 0.3 is 0 Å². The van der Waals surface area contributed by atoms with E-state index in [4.69, 9.17) is 4.74 Å². The molecule has 0 saturated heterocycles. The van der Waals surface area contributed by atoms with Crippen molar-refractivity contribution in [2.24, 2.45) is 0 Å². The highest BCUT2D eigenvalue weighted by molar-refractivity contribution is 5.27. The van der Waals surface area contributed by atoms with E-state index in [-0.39, 0.29) is 6.10 Å².